The molecule has 0 aliphatic heterocycles. The molecule has 0 saturated heterocycles. The van der Waals surface area contributed by atoms with Crippen LogP contribution in [0.2, 0.25) is 0 Å². The molecule has 0 heterocycles. The van der Waals surface area contributed by atoms with Gasteiger partial charge in [0.05, 0.1) is 6.61 Å². The maximum atomic E-state index is 8.85. The van der Waals surface area contributed by atoms with E-state index in [1.807, 2.05) is 24.3 Å². The Hall–Kier alpha value is -0.800. The van der Waals surface area contributed by atoms with Crippen LogP contribution in [0.15, 0.2) is 41.4 Å². The topological polar surface area (TPSA) is 29.5 Å². The predicted octanol–water partition coefficient (Wildman–Crippen LogP) is 2.37. The molecular weight excluding hydrogens is 232 g/mol. The van der Waals surface area contributed by atoms with Crippen LogP contribution < -0.4 is 4.74 Å². The minimum Gasteiger partial charge on any atom is -0.484 e. The molecule has 0 saturated carbocycles. The van der Waals surface area contributed by atoms with Gasteiger partial charge in [0, 0.05) is 4.47 Å². The van der Waals surface area contributed by atoms with Crippen molar-refractivity contribution in [2.75, 3.05) is 6.61 Å². The fraction of sp³-hybridized carbons (Fsp3) is 0.200. The second kappa shape index (κ2) is 5.04. The van der Waals surface area contributed by atoms with E-state index in [-0.39, 0.29) is 12.7 Å². The summed E-state index contributed by atoms with van der Waals surface area (Å²) in [5.41, 5.74) is 0. The van der Waals surface area contributed by atoms with E-state index in [4.69, 9.17) is 9.84 Å². The average Bonchev–Trinajstić information content (AvgIpc) is 2.14. The number of aliphatic hydroxyl groups is 1. The normalized spacial score (nSPS) is 12.2. The molecule has 1 N–H and O–H groups in total. The van der Waals surface area contributed by atoms with Gasteiger partial charge in [0.15, 0.2) is 0 Å². The van der Waals surface area contributed by atoms with Gasteiger partial charge < -0.3 is 9.84 Å². The summed E-state index contributed by atoms with van der Waals surface area (Å²) in [7, 11) is 0. The third kappa shape index (κ3) is 3.20. The number of hydrogen-bond donors (Lipinski definition) is 1. The summed E-state index contributed by atoms with van der Waals surface area (Å²) in [6.07, 6.45) is 1.23. The van der Waals surface area contributed by atoms with Crippen molar-refractivity contribution in [3.8, 4) is 5.75 Å². The zero-order valence-electron chi connectivity index (χ0n) is 7.11. The summed E-state index contributed by atoms with van der Waals surface area (Å²) in [4.78, 5) is 0. The molecule has 0 bridgehead atoms. The molecule has 1 aromatic rings. The van der Waals surface area contributed by atoms with Crippen molar-refractivity contribution < 1.29 is 9.84 Å². The minimum atomic E-state index is -0.339. The first-order chi connectivity index (χ1) is 6.26. The van der Waals surface area contributed by atoms with Gasteiger partial charge in [-0.15, -0.1) is 0 Å². The molecule has 70 valence electrons. The molecule has 1 aromatic carbocycles. The molecule has 3 heteroatoms. The highest BCUT2D eigenvalue weighted by atomic mass is 79.9. The summed E-state index contributed by atoms with van der Waals surface area (Å²) in [5, 5.41) is 8.85. The Kier molecular flexibility index (Phi) is 3.99. The van der Waals surface area contributed by atoms with E-state index in [0.29, 0.717) is 5.75 Å². The van der Waals surface area contributed by atoms with E-state index in [2.05, 4.69) is 22.5 Å². The Morgan fingerprint density at radius 3 is 2.92 bits per heavy atom. The molecule has 2 nitrogen and oxygen atoms in total. The number of halogens is 1. The average molecular weight is 243 g/mol. The third-order valence-corrected chi connectivity index (χ3v) is 2.02. The highest BCUT2D eigenvalue weighted by Crippen LogP contribution is 2.18. The number of ether oxygens (including phenoxy) is 1. The molecular formula is C10H11BrO2. The van der Waals surface area contributed by atoms with Crippen LogP contribution in [0, 0.1) is 0 Å². The van der Waals surface area contributed by atoms with Crippen molar-refractivity contribution in [3.63, 3.8) is 0 Å². The van der Waals surface area contributed by atoms with Gasteiger partial charge >= 0.3 is 0 Å². The lowest BCUT2D eigenvalue weighted by molar-refractivity contribution is 0.150. The molecule has 0 amide bonds. The molecule has 0 aromatic heterocycles. The number of benzene rings is 1. The molecule has 1 unspecified atom stereocenters. The molecule has 0 aliphatic carbocycles. The van der Waals surface area contributed by atoms with E-state index < -0.39 is 0 Å². The molecule has 13 heavy (non-hydrogen) atoms. The van der Waals surface area contributed by atoms with E-state index in [0.717, 1.165) is 4.47 Å². The van der Waals surface area contributed by atoms with Crippen molar-refractivity contribution in [3.05, 3.63) is 41.4 Å². The highest BCUT2D eigenvalue weighted by molar-refractivity contribution is 9.10. The fourth-order valence-electron chi connectivity index (χ4n) is 0.875. The Bertz CT molecular complexity index is 286. The molecule has 0 fully saturated rings. The van der Waals surface area contributed by atoms with Crippen LogP contribution in [-0.4, -0.2) is 17.8 Å². The van der Waals surface area contributed by atoms with Gasteiger partial charge in [0.1, 0.15) is 11.9 Å². The standard InChI is InChI=1S/C10H11BrO2/c1-2-9(7-12)13-10-5-3-4-8(11)6-10/h2-6,9,12H,1,7H2. The molecule has 1 rings (SSSR count). The van der Waals surface area contributed by atoms with Crippen LogP contribution in [0.4, 0.5) is 0 Å². The Labute approximate surface area is 86.0 Å². The van der Waals surface area contributed by atoms with Crippen LogP contribution in [0.1, 0.15) is 0 Å². The lowest BCUT2D eigenvalue weighted by Gasteiger charge is -2.12. The number of rotatable bonds is 4. The quantitative estimate of drug-likeness (QED) is 0.822. The van der Waals surface area contributed by atoms with Crippen molar-refractivity contribution >= 4 is 15.9 Å². The maximum Gasteiger partial charge on any atom is 0.140 e. The van der Waals surface area contributed by atoms with E-state index in [1.165, 1.54) is 0 Å². The Balaban J connectivity index is 2.67. The Morgan fingerprint density at radius 2 is 2.38 bits per heavy atom. The van der Waals surface area contributed by atoms with Crippen LogP contribution in [-0.2, 0) is 0 Å². The first kappa shape index (κ1) is 10.3. The van der Waals surface area contributed by atoms with Crippen molar-refractivity contribution in [1.82, 2.24) is 0 Å². The first-order valence-corrected chi connectivity index (χ1v) is 4.71. The van der Waals surface area contributed by atoms with Crippen LogP contribution in [0.5, 0.6) is 5.75 Å². The first-order valence-electron chi connectivity index (χ1n) is 3.92. The molecule has 0 aliphatic rings. The van der Waals surface area contributed by atoms with Crippen molar-refractivity contribution in [1.29, 1.82) is 0 Å². The summed E-state index contributed by atoms with van der Waals surface area (Å²) in [6.45, 7) is 3.49. The minimum absolute atomic E-state index is 0.0595. The van der Waals surface area contributed by atoms with Gasteiger partial charge in [-0.2, -0.15) is 0 Å². The SMILES string of the molecule is C=CC(CO)Oc1cccc(Br)c1. The van der Waals surface area contributed by atoms with E-state index in [1.54, 1.807) is 6.08 Å². The smallest absolute Gasteiger partial charge is 0.140 e. The summed E-state index contributed by atoms with van der Waals surface area (Å²) in [5.74, 6) is 0.716. The van der Waals surface area contributed by atoms with Gasteiger partial charge in [-0.25, -0.2) is 0 Å². The summed E-state index contributed by atoms with van der Waals surface area (Å²) < 4.78 is 6.35. The lowest BCUT2D eigenvalue weighted by atomic mass is 10.3. The highest BCUT2D eigenvalue weighted by Gasteiger charge is 2.03. The van der Waals surface area contributed by atoms with Gasteiger partial charge in [0.25, 0.3) is 0 Å². The van der Waals surface area contributed by atoms with Gasteiger partial charge in [-0.05, 0) is 24.3 Å². The third-order valence-electron chi connectivity index (χ3n) is 1.53. The number of hydrogen-bond acceptors (Lipinski definition) is 2. The van der Waals surface area contributed by atoms with Gasteiger partial charge in [-0.3, -0.25) is 0 Å². The molecule has 0 spiro atoms. The van der Waals surface area contributed by atoms with Crippen molar-refractivity contribution in [2.24, 2.45) is 0 Å². The van der Waals surface area contributed by atoms with Gasteiger partial charge in [0.2, 0.25) is 0 Å². The predicted molar refractivity (Wildman–Crippen MR) is 55.8 cm³/mol. The van der Waals surface area contributed by atoms with Crippen LogP contribution in [0.25, 0.3) is 0 Å². The zero-order chi connectivity index (χ0) is 9.68. The second-order valence-electron chi connectivity index (χ2n) is 2.53. The van der Waals surface area contributed by atoms with E-state index in [9.17, 15) is 0 Å². The van der Waals surface area contributed by atoms with Gasteiger partial charge in [-0.1, -0.05) is 28.6 Å². The monoisotopic (exact) mass is 242 g/mol. The summed E-state index contributed by atoms with van der Waals surface area (Å²) in [6, 6.07) is 7.45. The fourth-order valence-corrected chi connectivity index (χ4v) is 1.25. The van der Waals surface area contributed by atoms with Crippen LogP contribution >= 0.6 is 15.9 Å². The largest absolute Gasteiger partial charge is 0.484 e. The Morgan fingerprint density at radius 1 is 1.62 bits per heavy atom. The maximum absolute atomic E-state index is 8.85. The zero-order valence-corrected chi connectivity index (χ0v) is 8.70. The van der Waals surface area contributed by atoms with Crippen LogP contribution in [0.3, 0.4) is 0 Å². The van der Waals surface area contributed by atoms with E-state index >= 15 is 0 Å². The van der Waals surface area contributed by atoms with Crippen molar-refractivity contribution in [2.45, 2.75) is 6.10 Å². The molecule has 0 radical (unpaired) electrons. The lowest BCUT2D eigenvalue weighted by Crippen LogP contribution is -2.17. The number of aliphatic hydroxyl groups excluding tert-OH is 1. The molecule has 1 atom stereocenters. The second-order valence-corrected chi connectivity index (χ2v) is 3.45. The summed E-state index contributed by atoms with van der Waals surface area (Å²) >= 11 is 3.33.